The first-order valence-corrected chi connectivity index (χ1v) is 5.02. The minimum absolute atomic E-state index is 0.180. The second-order valence-electron chi connectivity index (χ2n) is 3.82. The Kier molecular flexibility index (Phi) is 6.41. The number of aliphatic hydroxyl groups is 1. The van der Waals surface area contributed by atoms with Gasteiger partial charge in [-0.3, -0.25) is 4.79 Å². The molecular weight excluding hydrogens is 212 g/mol. The first-order chi connectivity index (χ1) is 7.34. The number of hydrogen-bond donors (Lipinski definition) is 1. The SMILES string of the molecule is C=C(C)C(=O)OCC(O)COC(=O)C(C)C. The van der Waals surface area contributed by atoms with Crippen molar-refractivity contribution in [3.05, 3.63) is 12.2 Å². The zero-order chi connectivity index (χ0) is 12.7. The molecule has 0 amide bonds. The summed E-state index contributed by atoms with van der Waals surface area (Å²) in [7, 11) is 0. The summed E-state index contributed by atoms with van der Waals surface area (Å²) in [4.78, 5) is 22.0. The van der Waals surface area contributed by atoms with Crippen LogP contribution in [0.2, 0.25) is 0 Å². The van der Waals surface area contributed by atoms with Crippen molar-refractivity contribution in [3.63, 3.8) is 0 Å². The van der Waals surface area contributed by atoms with Crippen LogP contribution in [0.15, 0.2) is 12.2 Å². The normalized spacial score (nSPS) is 12.1. The molecule has 1 unspecified atom stereocenters. The fourth-order valence-electron chi connectivity index (χ4n) is 0.688. The third kappa shape index (κ3) is 6.19. The van der Waals surface area contributed by atoms with Crippen molar-refractivity contribution in [2.45, 2.75) is 26.9 Å². The summed E-state index contributed by atoms with van der Waals surface area (Å²) in [6, 6.07) is 0. The number of hydrogen-bond acceptors (Lipinski definition) is 5. The van der Waals surface area contributed by atoms with E-state index in [1.165, 1.54) is 6.92 Å². The third-order valence-corrected chi connectivity index (χ3v) is 1.64. The van der Waals surface area contributed by atoms with E-state index in [1.54, 1.807) is 13.8 Å². The van der Waals surface area contributed by atoms with Crippen molar-refractivity contribution >= 4 is 11.9 Å². The lowest BCUT2D eigenvalue weighted by Crippen LogP contribution is -2.26. The van der Waals surface area contributed by atoms with Crippen molar-refractivity contribution in [1.82, 2.24) is 0 Å². The van der Waals surface area contributed by atoms with Gasteiger partial charge >= 0.3 is 11.9 Å². The maximum absolute atomic E-state index is 11.0. The Hall–Kier alpha value is -1.36. The highest BCUT2D eigenvalue weighted by Crippen LogP contribution is 1.98. The molecule has 0 radical (unpaired) electrons. The number of aliphatic hydroxyl groups excluding tert-OH is 1. The maximum Gasteiger partial charge on any atom is 0.333 e. The van der Waals surface area contributed by atoms with Gasteiger partial charge in [-0.15, -0.1) is 0 Å². The van der Waals surface area contributed by atoms with Gasteiger partial charge in [-0.25, -0.2) is 4.79 Å². The summed E-state index contributed by atoms with van der Waals surface area (Å²) in [5, 5.41) is 9.33. The van der Waals surface area contributed by atoms with E-state index >= 15 is 0 Å². The minimum Gasteiger partial charge on any atom is -0.463 e. The number of esters is 2. The molecule has 1 N–H and O–H groups in total. The Morgan fingerprint density at radius 1 is 1.25 bits per heavy atom. The van der Waals surface area contributed by atoms with Crippen molar-refractivity contribution in [2.75, 3.05) is 13.2 Å². The second kappa shape index (κ2) is 7.00. The molecule has 0 aromatic carbocycles. The standard InChI is InChI=1S/C11H18O5/c1-7(2)10(13)15-5-9(12)6-16-11(14)8(3)4/h8-9,12H,1,5-6H2,2-4H3. The molecule has 0 bridgehead atoms. The van der Waals surface area contributed by atoms with Gasteiger partial charge in [0, 0.05) is 5.57 Å². The van der Waals surface area contributed by atoms with Gasteiger partial charge in [-0.1, -0.05) is 20.4 Å². The van der Waals surface area contributed by atoms with Crippen LogP contribution in [0.4, 0.5) is 0 Å². The van der Waals surface area contributed by atoms with E-state index in [0.29, 0.717) is 0 Å². The molecule has 0 aromatic heterocycles. The van der Waals surface area contributed by atoms with Gasteiger partial charge in [0.25, 0.3) is 0 Å². The van der Waals surface area contributed by atoms with E-state index in [9.17, 15) is 14.7 Å². The number of carbonyl (C=O) groups excluding carboxylic acids is 2. The molecule has 1 atom stereocenters. The van der Waals surface area contributed by atoms with E-state index < -0.39 is 18.0 Å². The van der Waals surface area contributed by atoms with Gasteiger partial charge in [-0.2, -0.15) is 0 Å². The van der Waals surface area contributed by atoms with E-state index in [-0.39, 0.29) is 24.7 Å². The molecule has 0 fully saturated rings. The van der Waals surface area contributed by atoms with E-state index in [2.05, 4.69) is 11.3 Å². The number of ether oxygens (including phenoxy) is 2. The van der Waals surface area contributed by atoms with Gasteiger partial charge < -0.3 is 14.6 Å². The molecule has 0 heterocycles. The average Bonchev–Trinajstić information content (AvgIpc) is 2.21. The average molecular weight is 230 g/mol. The molecule has 0 aliphatic rings. The lowest BCUT2D eigenvalue weighted by Gasteiger charge is -2.12. The van der Waals surface area contributed by atoms with Crippen molar-refractivity contribution in [3.8, 4) is 0 Å². The first kappa shape index (κ1) is 14.6. The Morgan fingerprint density at radius 2 is 1.75 bits per heavy atom. The minimum atomic E-state index is -1.01. The smallest absolute Gasteiger partial charge is 0.333 e. The molecule has 92 valence electrons. The van der Waals surface area contributed by atoms with E-state index in [1.807, 2.05) is 0 Å². The molecule has 5 heteroatoms. The van der Waals surface area contributed by atoms with Crippen LogP contribution in [0.1, 0.15) is 20.8 Å². The zero-order valence-corrected chi connectivity index (χ0v) is 9.86. The zero-order valence-electron chi connectivity index (χ0n) is 9.86. The largest absolute Gasteiger partial charge is 0.463 e. The molecule has 5 nitrogen and oxygen atoms in total. The quantitative estimate of drug-likeness (QED) is 0.536. The summed E-state index contributed by atoms with van der Waals surface area (Å²) in [5.74, 6) is -1.22. The second-order valence-corrected chi connectivity index (χ2v) is 3.82. The summed E-state index contributed by atoms with van der Waals surface area (Å²) < 4.78 is 9.43. The van der Waals surface area contributed by atoms with Crippen LogP contribution in [-0.2, 0) is 19.1 Å². The summed E-state index contributed by atoms with van der Waals surface area (Å²) in [6.45, 7) is 7.89. The van der Waals surface area contributed by atoms with Crippen LogP contribution in [0, 0.1) is 5.92 Å². The van der Waals surface area contributed by atoms with Gasteiger partial charge in [0.15, 0.2) is 0 Å². The van der Waals surface area contributed by atoms with Crippen LogP contribution in [0.5, 0.6) is 0 Å². The monoisotopic (exact) mass is 230 g/mol. The molecule has 0 aliphatic heterocycles. The highest BCUT2D eigenvalue weighted by molar-refractivity contribution is 5.86. The van der Waals surface area contributed by atoms with Gasteiger partial charge in [0.1, 0.15) is 19.3 Å². The van der Waals surface area contributed by atoms with Crippen molar-refractivity contribution in [2.24, 2.45) is 5.92 Å². The Balaban J connectivity index is 3.75. The summed E-state index contributed by atoms with van der Waals surface area (Å²) >= 11 is 0. The molecule has 0 spiro atoms. The lowest BCUT2D eigenvalue weighted by atomic mass is 10.2. The van der Waals surface area contributed by atoms with E-state index in [4.69, 9.17) is 4.74 Å². The van der Waals surface area contributed by atoms with Gasteiger partial charge in [0.2, 0.25) is 0 Å². The fourth-order valence-corrected chi connectivity index (χ4v) is 0.688. The lowest BCUT2D eigenvalue weighted by molar-refractivity contribution is -0.153. The van der Waals surface area contributed by atoms with Crippen LogP contribution >= 0.6 is 0 Å². The third-order valence-electron chi connectivity index (χ3n) is 1.64. The maximum atomic E-state index is 11.0. The highest BCUT2D eigenvalue weighted by Gasteiger charge is 2.13. The summed E-state index contributed by atoms with van der Waals surface area (Å²) in [6.07, 6.45) is -1.01. The van der Waals surface area contributed by atoms with Crippen LogP contribution < -0.4 is 0 Å². The number of rotatable bonds is 6. The van der Waals surface area contributed by atoms with Gasteiger partial charge in [0.05, 0.1) is 5.92 Å². The van der Waals surface area contributed by atoms with E-state index in [0.717, 1.165) is 0 Å². The molecule has 0 aliphatic carbocycles. The Bertz CT molecular complexity index is 270. The first-order valence-electron chi connectivity index (χ1n) is 5.02. The molecule has 0 aromatic rings. The topological polar surface area (TPSA) is 72.8 Å². The molecule has 0 saturated carbocycles. The Morgan fingerprint density at radius 3 is 2.19 bits per heavy atom. The summed E-state index contributed by atoms with van der Waals surface area (Å²) in [5.41, 5.74) is 0.256. The fraction of sp³-hybridized carbons (Fsp3) is 0.636. The Labute approximate surface area is 95.0 Å². The molecule has 0 saturated heterocycles. The van der Waals surface area contributed by atoms with Crippen LogP contribution in [0.25, 0.3) is 0 Å². The van der Waals surface area contributed by atoms with Gasteiger partial charge in [-0.05, 0) is 6.92 Å². The van der Waals surface area contributed by atoms with Crippen LogP contribution in [0.3, 0.4) is 0 Å². The highest BCUT2D eigenvalue weighted by atomic mass is 16.6. The molecule has 16 heavy (non-hydrogen) atoms. The van der Waals surface area contributed by atoms with Crippen molar-refractivity contribution in [1.29, 1.82) is 0 Å². The van der Waals surface area contributed by atoms with Crippen molar-refractivity contribution < 1.29 is 24.2 Å². The predicted octanol–water partition coefficient (Wildman–Crippen LogP) is 0.666. The molecule has 0 rings (SSSR count). The molecular formula is C11H18O5. The predicted molar refractivity (Wildman–Crippen MR) is 57.6 cm³/mol. The number of carbonyl (C=O) groups is 2. The van der Waals surface area contributed by atoms with Crippen LogP contribution in [-0.4, -0.2) is 36.4 Å².